The molecule has 1 rings (SSSR count). The van der Waals surface area contributed by atoms with Gasteiger partial charge >= 0.3 is 0 Å². The summed E-state index contributed by atoms with van der Waals surface area (Å²) in [6.07, 6.45) is 5.13. The Kier molecular flexibility index (Phi) is 7.65. The summed E-state index contributed by atoms with van der Waals surface area (Å²) in [6, 6.07) is 7.79. The van der Waals surface area contributed by atoms with Crippen molar-refractivity contribution >= 4 is 0 Å². The first-order valence-corrected chi connectivity index (χ1v) is 5.91. The van der Waals surface area contributed by atoms with Crippen molar-refractivity contribution in [3.8, 4) is 18.1 Å². The normalized spacial score (nSPS) is 10.0. The first-order chi connectivity index (χ1) is 8.86. The molecular weight excluding hydrogens is 230 g/mol. The van der Waals surface area contributed by atoms with Crippen LogP contribution < -0.4 is 10.1 Å². The molecule has 2 N–H and O–H groups in total. The molecule has 0 saturated carbocycles. The van der Waals surface area contributed by atoms with Gasteiger partial charge < -0.3 is 19.9 Å². The standard InChI is InChI=1S/C14H19NO3/c1-2-8-18-14-5-3-4-13(11-14)12-15-6-9-17-10-7-16/h1,3-5,11,15-16H,6-10,12H2. The Morgan fingerprint density at radius 3 is 3.00 bits per heavy atom. The molecule has 0 amide bonds. The summed E-state index contributed by atoms with van der Waals surface area (Å²) in [6.45, 7) is 2.82. The Labute approximate surface area is 108 Å². The molecule has 0 heterocycles. The van der Waals surface area contributed by atoms with Crippen LogP contribution in [0.5, 0.6) is 5.75 Å². The fourth-order valence-corrected chi connectivity index (χ4v) is 1.41. The smallest absolute Gasteiger partial charge is 0.148 e. The number of rotatable bonds is 9. The Balaban J connectivity index is 2.23. The molecule has 0 unspecified atom stereocenters. The highest BCUT2D eigenvalue weighted by Gasteiger charge is 1.96. The van der Waals surface area contributed by atoms with Crippen molar-refractivity contribution in [2.45, 2.75) is 6.54 Å². The van der Waals surface area contributed by atoms with E-state index in [1.807, 2.05) is 24.3 Å². The van der Waals surface area contributed by atoms with E-state index < -0.39 is 0 Å². The number of hydrogen-bond donors (Lipinski definition) is 2. The van der Waals surface area contributed by atoms with Crippen LogP contribution in [-0.4, -0.2) is 38.1 Å². The van der Waals surface area contributed by atoms with E-state index in [1.54, 1.807) is 0 Å². The third-order valence-electron chi connectivity index (χ3n) is 2.21. The summed E-state index contributed by atoms with van der Waals surface area (Å²) >= 11 is 0. The van der Waals surface area contributed by atoms with Gasteiger partial charge in [-0.2, -0.15) is 0 Å². The molecule has 0 atom stereocenters. The predicted octanol–water partition coefficient (Wildman–Crippen LogP) is 0.797. The quantitative estimate of drug-likeness (QED) is 0.502. The number of ether oxygens (including phenoxy) is 2. The van der Waals surface area contributed by atoms with Gasteiger partial charge in [0.2, 0.25) is 0 Å². The molecule has 0 aliphatic rings. The van der Waals surface area contributed by atoms with Crippen LogP contribution in [0.1, 0.15) is 5.56 Å². The minimum atomic E-state index is 0.0641. The highest BCUT2D eigenvalue weighted by atomic mass is 16.5. The van der Waals surface area contributed by atoms with E-state index >= 15 is 0 Å². The molecule has 0 saturated heterocycles. The minimum absolute atomic E-state index is 0.0641. The van der Waals surface area contributed by atoms with Gasteiger partial charge in [-0.15, -0.1) is 6.42 Å². The number of aliphatic hydroxyl groups is 1. The molecule has 0 aliphatic heterocycles. The molecule has 0 bridgehead atoms. The second kappa shape index (κ2) is 9.49. The lowest BCUT2D eigenvalue weighted by Crippen LogP contribution is -2.20. The minimum Gasteiger partial charge on any atom is -0.481 e. The maximum atomic E-state index is 8.53. The van der Waals surface area contributed by atoms with Crippen LogP contribution in [0.3, 0.4) is 0 Å². The van der Waals surface area contributed by atoms with Crippen molar-refractivity contribution in [3.63, 3.8) is 0 Å². The first kappa shape index (κ1) is 14.5. The summed E-state index contributed by atoms with van der Waals surface area (Å²) in [5, 5.41) is 11.8. The molecule has 1 aromatic carbocycles. The molecule has 18 heavy (non-hydrogen) atoms. The van der Waals surface area contributed by atoms with Crippen molar-refractivity contribution in [2.24, 2.45) is 0 Å². The molecule has 98 valence electrons. The second-order valence-corrected chi connectivity index (χ2v) is 3.65. The fourth-order valence-electron chi connectivity index (χ4n) is 1.41. The molecule has 0 aliphatic carbocycles. The van der Waals surface area contributed by atoms with E-state index in [0.717, 1.165) is 24.4 Å². The molecule has 0 radical (unpaired) electrons. The van der Waals surface area contributed by atoms with Crippen LogP contribution in [0.25, 0.3) is 0 Å². The summed E-state index contributed by atoms with van der Waals surface area (Å²) in [5.41, 5.74) is 1.13. The van der Waals surface area contributed by atoms with Crippen molar-refractivity contribution < 1.29 is 14.6 Å². The van der Waals surface area contributed by atoms with Gasteiger partial charge in [-0.05, 0) is 17.7 Å². The molecule has 4 nitrogen and oxygen atoms in total. The van der Waals surface area contributed by atoms with E-state index in [-0.39, 0.29) is 13.2 Å². The van der Waals surface area contributed by atoms with Crippen molar-refractivity contribution in [2.75, 3.05) is 33.0 Å². The molecule has 0 aromatic heterocycles. The lowest BCUT2D eigenvalue weighted by atomic mass is 10.2. The Morgan fingerprint density at radius 2 is 2.22 bits per heavy atom. The van der Waals surface area contributed by atoms with Gasteiger partial charge in [0.25, 0.3) is 0 Å². The van der Waals surface area contributed by atoms with Crippen LogP contribution >= 0.6 is 0 Å². The van der Waals surface area contributed by atoms with Gasteiger partial charge in [0.05, 0.1) is 19.8 Å². The second-order valence-electron chi connectivity index (χ2n) is 3.65. The molecular formula is C14H19NO3. The van der Waals surface area contributed by atoms with E-state index in [1.165, 1.54) is 0 Å². The van der Waals surface area contributed by atoms with E-state index in [0.29, 0.717) is 13.2 Å². The SMILES string of the molecule is C#CCOc1cccc(CNCCOCCO)c1. The summed E-state index contributed by atoms with van der Waals surface area (Å²) in [5.74, 6) is 3.21. The molecule has 4 heteroatoms. The molecule has 1 aromatic rings. The largest absolute Gasteiger partial charge is 0.481 e. The number of terminal acetylenes is 1. The first-order valence-electron chi connectivity index (χ1n) is 5.91. The zero-order chi connectivity index (χ0) is 13.1. The van der Waals surface area contributed by atoms with Gasteiger partial charge in [-0.25, -0.2) is 0 Å². The van der Waals surface area contributed by atoms with Gasteiger partial charge in [0, 0.05) is 13.1 Å². The summed E-state index contributed by atoms with van der Waals surface area (Å²) in [4.78, 5) is 0. The van der Waals surface area contributed by atoms with E-state index in [4.69, 9.17) is 21.0 Å². The maximum absolute atomic E-state index is 8.53. The fraction of sp³-hybridized carbons (Fsp3) is 0.429. The number of nitrogens with one attached hydrogen (secondary N) is 1. The van der Waals surface area contributed by atoms with Crippen molar-refractivity contribution in [1.29, 1.82) is 0 Å². The highest BCUT2D eigenvalue weighted by Crippen LogP contribution is 2.12. The Hall–Kier alpha value is -1.54. The number of aliphatic hydroxyl groups excluding tert-OH is 1. The number of benzene rings is 1. The van der Waals surface area contributed by atoms with Gasteiger partial charge in [-0.1, -0.05) is 18.1 Å². The summed E-state index contributed by atoms with van der Waals surface area (Å²) < 4.78 is 10.5. The van der Waals surface area contributed by atoms with Gasteiger partial charge in [-0.3, -0.25) is 0 Å². The third-order valence-corrected chi connectivity index (χ3v) is 2.21. The lowest BCUT2D eigenvalue weighted by Gasteiger charge is -2.07. The van der Waals surface area contributed by atoms with Gasteiger partial charge in [0.1, 0.15) is 12.4 Å². The Bertz CT molecular complexity index is 374. The van der Waals surface area contributed by atoms with Crippen molar-refractivity contribution in [3.05, 3.63) is 29.8 Å². The topological polar surface area (TPSA) is 50.7 Å². The van der Waals surface area contributed by atoms with E-state index in [2.05, 4.69) is 11.2 Å². The van der Waals surface area contributed by atoms with Crippen LogP contribution in [0.2, 0.25) is 0 Å². The predicted molar refractivity (Wildman–Crippen MR) is 70.4 cm³/mol. The number of hydrogen-bond acceptors (Lipinski definition) is 4. The average Bonchev–Trinajstić information content (AvgIpc) is 2.41. The lowest BCUT2D eigenvalue weighted by molar-refractivity contribution is 0.0938. The van der Waals surface area contributed by atoms with Crippen molar-refractivity contribution in [1.82, 2.24) is 5.32 Å². The zero-order valence-electron chi connectivity index (χ0n) is 10.4. The zero-order valence-corrected chi connectivity index (χ0v) is 10.4. The van der Waals surface area contributed by atoms with Crippen LogP contribution in [-0.2, 0) is 11.3 Å². The van der Waals surface area contributed by atoms with E-state index in [9.17, 15) is 0 Å². The highest BCUT2D eigenvalue weighted by molar-refractivity contribution is 5.28. The summed E-state index contributed by atoms with van der Waals surface area (Å²) in [7, 11) is 0. The average molecular weight is 249 g/mol. The maximum Gasteiger partial charge on any atom is 0.148 e. The van der Waals surface area contributed by atoms with Gasteiger partial charge in [0.15, 0.2) is 0 Å². The molecule has 0 spiro atoms. The van der Waals surface area contributed by atoms with Crippen LogP contribution in [0, 0.1) is 12.3 Å². The monoisotopic (exact) mass is 249 g/mol. The molecule has 0 fully saturated rings. The van der Waals surface area contributed by atoms with Crippen LogP contribution in [0.4, 0.5) is 0 Å². The van der Waals surface area contributed by atoms with Crippen LogP contribution in [0.15, 0.2) is 24.3 Å². The third kappa shape index (κ3) is 6.26. The Morgan fingerprint density at radius 1 is 1.33 bits per heavy atom.